The number of carbonyl (C=O) groups excluding carboxylic acids is 1. The first-order valence-corrected chi connectivity index (χ1v) is 6.81. The number of nitrogens with zero attached hydrogens (tertiary/aromatic N) is 1. The van der Waals surface area contributed by atoms with Gasteiger partial charge in [-0.25, -0.2) is 0 Å². The lowest BCUT2D eigenvalue weighted by Crippen LogP contribution is -2.39. The molecule has 1 saturated heterocycles. The minimum absolute atomic E-state index is 0.0519. The van der Waals surface area contributed by atoms with Gasteiger partial charge in [-0.2, -0.15) is 0 Å². The van der Waals surface area contributed by atoms with E-state index in [1.807, 2.05) is 37.3 Å². The Morgan fingerprint density at radius 2 is 2.00 bits per heavy atom. The maximum atomic E-state index is 12.4. The summed E-state index contributed by atoms with van der Waals surface area (Å²) < 4.78 is 0. The Bertz CT molecular complexity index is 431. The standard InChI is InChI=1S/C15H22N2O2/c1-15(19)8-5-10-17(11-9-15)14(18)13(16)12-6-3-2-4-7-12/h2-4,6-7,13,19H,5,8-11,16H2,1H3/t13-,15?/m1/s1. The molecule has 1 fully saturated rings. The van der Waals surface area contributed by atoms with Crippen molar-refractivity contribution in [1.29, 1.82) is 0 Å². The minimum Gasteiger partial charge on any atom is -0.390 e. The third kappa shape index (κ3) is 3.55. The smallest absolute Gasteiger partial charge is 0.244 e. The van der Waals surface area contributed by atoms with E-state index in [2.05, 4.69) is 0 Å². The van der Waals surface area contributed by atoms with Crippen LogP contribution in [0, 0.1) is 0 Å². The molecule has 1 amide bonds. The van der Waals surface area contributed by atoms with E-state index in [9.17, 15) is 9.90 Å². The molecule has 1 aliphatic rings. The molecule has 1 aromatic rings. The Morgan fingerprint density at radius 3 is 2.68 bits per heavy atom. The normalized spacial score (nSPS) is 25.7. The number of amides is 1. The van der Waals surface area contributed by atoms with Gasteiger partial charge in [0.15, 0.2) is 0 Å². The SMILES string of the molecule is CC1(O)CCCN(C(=O)[C@H](N)c2ccccc2)CC1. The van der Waals surface area contributed by atoms with Gasteiger partial charge in [0.2, 0.25) is 5.91 Å². The quantitative estimate of drug-likeness (QED) is 0.847. The largest absolute Gasteiger partial charge is 0.390 e. The van der Waals surface area contributed by atoms with Crippen LogP contribution < -0.4 is 5.73 Å². The van der Waals surface area contributed by atoms with Crippen LogP contribution in [-0.2, 0) is 4.79 Å². The van der Waals surface area contributed by atoms with Crippen LogP contribution >= 0.6 is 0 Å². The molecule has 0 radical (unpaired) electrons. The van der Waals surface area contributed by atoms with Crippen LogP contribution in [0.3, 0.4) is 0 Å². The van der Waals surface area contributed by atoms with Crippen molar-refractivity contribution in [1.82, 2.24) is 4.90 Å². The summed E-state index contributed by atoms with van der Waals surface area (Å²) in [4.78, 5) is 14.2. The number of nitrogens with two attached hydrogens (primary N) is 1. The van der Waals surface area contributed by atoms with E-state index < -0.39 is 11.6 Å². The summed E-state index contributed by atoms with van der Waals surface area (Å²) in [6.07, 6.45) is 2.16. The number of benzene rings is 1. The third-order valence-corrected chi connectivity index (χ3v) is 3.80. The molecule has 0 aliphatic carbocycles. The van der Waals surface area contributed by atoms with Gasteiger partial charge in [-0.3, -0.25) is 4.79 Å². The van der Waals surface area contributed by atoms with Gasteiger partial charge in [-0.05, 0) is 31.7 Å². The topological polar surface area (TPSA) is 66.6 Å². The number of hydrogen-bond donors (Lipinski definition) is 2. The van der Waals surface area contributed by atoms with Crippen LogP contribution in [0.15, 0.2) is 30.3 Å². The van der Waals surface area contributed by atoms with Crippen molar-refractivity contribution >= 4 is 5.91 Å². The average molecular weight is 262 g/mol. The second-order valence-electron chi connectivity index (χ2n) is 5.56. The van der Waals surface area contributed by atoms with E-state index in [-0.39, 0.29) is 5.91 Å². The summed E-state index contributed by atoms with van der Waals surface area (Å²) in [5.41, 5.74) is 6.21. The number of hydrogen-bond acceptors (Lipinski definition) is 3. The second kappa shape index (κ2) is 5.72. The molecule has 104 valence electrons. The molecule has 3 N–H and O–H groups in total. The first-order chi connectivity index (χ1) is 8.99. The van der Waals surface area contributed by atoms with Gasteiger partial charge < -0.3 is 15.7 Å². The molecule has 1 heterocycles. The summed E-state index contributed by atoms with van der Waals surface area (Å²) in [6.45, 7) is 3.08. The van der Waals surface area contributed by atoms with Crippen LogP contribution in [0.4, 0.5) is 0 Å². The predicted molar refractivity (Wildman–Crippen MR) is 74.4 cm³/mol. The highest BCUT2D eigenvalue weighted by atomic mass is 16.3. The van der Waals surface area contributed by atoms with Crippen LogP contribution in [0.2, 0.25) is 0 Å². The van der Waals surface area contributed by atoms with Gasteiger partial charge in [0.05, 0.1) is 5.60 Å². The monoisotopic (exact) mass is 262 g/mol. The summed E-state index contributed by atoms with van der Waals surface area (Å²) >= 11 is 0. The lowest BCUT2D eigenvalue weighted by atomic mass is 9.98. The predicted octanol–water partition coefficient (Wildman–Crippen LogP) is 1.45. The highest BCUT2D eigenvalue weighted by Gasteiger charge is 2.29. The Kier molecular flexibility index (Phi) is 4.22. The van der Waals surface area contributed by atoms with Crippen molar-refractivity contribution < 1.29 is 9.90 Å². The van der Waals surface area contributed by atoms with E-state index in [4.69, 9.17) is 5.73 Å². The molecule has 19 heavy (non-hydrogen) atoms. The fraction of sp³-hybridized carbons (Fsp3) is 0.533. The third-order valence-electron chi connectivity index (χ3n) is 3.80. The molecule has 4 heteroatoms. The summed E-state index contributed by atoms with van der Waals surface area (Å²) in [5, 5.41) is 10.0. The Labute approximate surface area is 114 Å². The molecular weight excluding hydrogens is 240 g/mol. The second-order valence-corrected chi connectivity index (χ2v) is 5.56. The van der Waals surface area contributed by atoms with Gasteiger partial charge in [0.25, 0.3) is 0 Å². The maximum absolute atomic E-state index is 12.4. The van der Waals surface area contributed by atoms with Gasteiger partial charge in [-0.1, -0.05) is 30.3 Å². The molecular formula is C15H22N2O2. The number of likely N-dealkylation sites (tertiary alicyclic amines) is 1. The van der Waals surface area contributed by atoms with E-state index in [0.717, 1.165) is 18.4 Å². The lowest BCUT2D eigenvalue weighted by molar-refractivity contribution is -0.132. The van der Waals surface area contributed by atoms with Gasteiger partial charge >= 0.3 is 0 Å². The van der Waals surface area contributed by atoms with Crippen molar-refractivity contribution in [2.45, 2.75) is 37.8 Å². The molecule has 2 rings (SSSR count). The molecule has 4 nitrogen and oxygen atoms in total. The fourth-order valence-corrected chi connectivity index (χ4v) is 2.48. The molecule has 0 aromatic heterocycles. The zero-order valence-electron chi connectivity index (χ0n) is 11.4. The minimum atomic E-state index is -0.661. The number of rotatable bonds is 2. The lowest BCUT2D eigenvalue weighted by Gasteiger charge is -2.25. The molecule has 1 aromatic carbocycles. The number of aliphatic hydroxyl groups is 1. The molecule has 1 unspecified atom stereocenters. The van der Waals surface area contributed by atoms with Crippen molar-refractivity contribution in [2.24, 2.45) is 5.73 Å². The molecule has 0 saturated carbocycles. The van der Waals surface area contributed by atoms with Gasteiger partial charge in [0.1, 0.15) is 6.04 Å². The zero-order chi connectivity index (χ0) is 13.9. The first-order valence-electron chi connectivity index (χ1n) is 6.81. The van der Waals surface area contributed by atoms with E-state index in [1.165, 1.54) is 0 Å². The fourth-order valence-electron chi connectivity index (χ4n) is 2.48. The van der Waals surface area contributed by atoms with Crippen LogP contribution in [0.25, 0.3) is 0 Å². The Balaban J connectivity index is 2.03. The molecule has 0 bridgehead atoms. The molecule has 1 aliphatic heterocycles. The maximum Gasteiger partial charge on any atom is 0.244 e. The zero-order valence-corrected chi connectivity index (χ0v) is 11.4. The first kappa shape index (κ1) is 14.0. The molecule has 0 spiro atoms. The van der Waals surface area contributed by atoms with E-state index in [1.54, 1.807) is 4.90 Å². The summed E-state index contributed by atoms with van der Waals surface area (Å²) in [6, 6.07) is 8.81. The molecule has 2 atom stereocenters. The van der Waals surface area contributed by atoms with Crippen LogP contribution in [0.1, 0.15) is 37.8 Å². The van der Waals surface area contributed by atoms with E-state index >= 15 is 0 Å². The van der Waals surface area contributed by atoms with Crippen molar-refractivity contribution in [2.75, 3.05) is 13.1 Å². The van der Waals surface area contributed by atoms with Crippen molar-refractivity contribution in [3.8, 4) is 0 Å². The Morgan fingerprint density at radius 1 is 1.32 bits per heavy atom. The van der Waals surface area contributed by atoms with Gasteiger partial charge in [0, 0.05) is 13.1 Å². The number of carbonyl (C=O) groups is 1. The summed E-state index contributed by atoms with van der Waals surface area (Å²) in [5.74, 6) is -0.0519. The summed E-state index contributed by atoms with van der Waals surface area (Å²) in [7, 11) is 0. The Hall–Kier alpha value is -1.39. The van der Waals surface area contributed by atoms with Crippen LogP contribution in [-0.4, -0.2) is 34.6 Å². The highest BCUT2D eigenvalue weighted by Crippen LogP contribution is 2.23. The average Bonchev–Trinajstić information content (AvgIpc) is 2.59. The van der Waals surface area contributed by atoms with Gasteiger partial charge in [-0.15, -0.1) is 0 Å². The van der Waals surface area contributed by atoms with Crippen molar-refractivity contribution in [3.63, 3.8) is 0 Å². The van der Waals surface area contributed by atoms with E-state index in [0.29, 0.717) is 19.5 Å². The van der Waals surface area contributed by atoms with Crippen molar-refractivity contribution in [3.05, 3.63) is 35.9 Å². The highest BCUT2D eigenvalue weighted by molar-refractivity contribution is 5.83. The van der Waals surface area contributed by atoms with Crippen LogP contribution in [0.5, 0.6) is 0 Å².